The van der Waals surface area contributed by atoms with Crippen molar-refractivity contribution in [1.29, 1.82) is 0 Å². The van der Waals surface area contributed by atoms with Crippen molar-refractivity contribution in [1.82, 2.24) is 0 Å². The monoisotopic (exact) mass is 313 g/mol. The molecular weight excluding hydrogens is 283 g/mol. The van der Waals surface area contributed by atoms with E-state index in [4.69, 9.17) is 0 Å². The van der Waals surface area contributed by atoms with Crippen molar-refractivity contribution in [3.05, 3.63) is 0 Å². The molecule has 0 aliphatic rings. The van der Waals surface area contributed by atoms with Crippen molar-refractivity contribution >= 4 is 0 Å². The van der Waals surface area contributed by atoms with Gasteiger partial charge in [-0.05, 0) is 0 Å². The molecule has 0 aliphatic carbocycles. The molecule has 14 heavy (non-hydrogen) atoms. The molecule has 0 nitrogen and oxygen atoms in total. The summed E-state index contributed by atoms with van der Waals surface area (Å²) in [6, 6.07) is 0. The van der Waals surface area contributed by atoms with E-state index in [0.717, 1.165) is 0 Å². The van der Waals surface area contributed by atoms with Crippen molar-refractivity contribution in [2.45, 2.75) is 58.3 Å². The van der Waals surface area contributed by atoms with E-state index in [1.165, 1.54) is 51.4 Å². The van der Waals surface area contributed by atoms with Crippen molar-refractivity contribution in [3.8, 4) is 0 Å². The van der Waals surface area contributed by atoms with Gasteiger partial charge in [-0.2, -0.15) is 0 Å². The molecule has 0 N–H and O–H groups in total. The molecule has 0 aromatic carbocycles. The molecule has 0 saturated carbocycles. The van der Waals surface area contributed by atoms with Crippen LogP contribution in [0.2, 0.25) is 0 Å². The molecule has 0 atom stereocenters. The summed E-state index contributed by atoms with van der Waals surface area (Å²) >= 11 is -1.12. The molecule has 0 spiro atoms. The van der Waals surface area contributed by atoms with Crippen LogP contribution in [-0.2, 0) is 0 Å². The summed E-state index contributed by atoms with van der Waals surface area (Å²) in [5.41, 5.74) is 0. The van der Waals surface area contributed by atoms with Crippen LogP contribution >= 0.6 is 0 Å². The van der Waals surface area contributed by atoms with Crippen LogP contribution in [0, 0.1) is 0 Å². The van der Waals surface area contributed by atoms with Crippen LogP contribution in [0.3, 0.4) is 0 Å². The number of unbranched alkanes of at least 4 members (excludes halogenated alkanes) is 7. The predicted octanol–water partition coefficient (Wildman–Crippen LogP) is 1.18. The first-order chi connectivity index (χ1) is 6.56. The third kappa shape index (κ3) is 12.7. The van der Waals surface area contributed by atoms with Gasteiger partial charge in [0.2, 0.25) is 0 Å². The zero-order valence-corrected chi connectivity index (χ0v) is 12.9. The Morgan fingerprint density at radius 2 is 1.07 bits per heavy atom. The predicted molar refractivity (Wildman–Crippen MR) is 65.2 cm³/mol. The Balaban J connectivity index is 2.99. The first kappa shape index (κ1) is 14.7. The van der Waals surface area contributed by atoms with Gasteiger partial charge in [0.05, 0.1) is 0 Å². The molecule has 0 aliphatic heterocycles. The van der Waals surface area contributed by atoms with Crippen LogP contribution in [0.5, 0.6) is 0 Å². The topological polar surface area (TPSA) is 0 Å². The summed E-state index contributed by atoms with van der Waals surface area (Å²) in [4.78, 5) is 7.56. The molecule has 0 fully saturated rings. The molecule has 90 valence electrons. The van der Waals surface area contributed by atoms with Gasteiger partial charge in [0.1, 0.15) is 0 Å². The standard InChI is InChI=1S/C13H30I/c1-5-6-7-8-9-10-11-12-13-14(2,3)4/h5-13H2,1-4H3/q-1. The summed E-state index contributed by atoms with van der Waals surface area (Å²) in [5, 5.41) is 0. The van der Waals surface area contributed by atoms with Crippen molar-refractivity contribution in [3.63, 3.8) is 0 Å². The number of halogens is 1. The molecule has 0 unspecified atom stereocenters. The second-order valence-corrected chi connectivity index (χ2v) is 17.2. The Bertz CT molecular complexity index is 113. The van der Waals surface area contributed by atoms with Gasteiger partial charge >= 0.3 is 95.9 Å². The van der Waals surface area contributed by atoms with Crippen LogP contribution in [0.1, 0.15) is 58.3 Å². The molecule has 0 aromatic rings. The van der Waals surface area contributed by atoms with Gasteiger partial charge in [0.25, 0.3) is 0 Å². The fraction of sp³-hybridized carbons (Fsp3) is 1.00. The summed E-state index contributed by atoms with van der Waals surface area (Å²) in [6.07, 6.45) is 11.7. The van der Waals surface area contributed by atoms with Crippen LogP contribution in [-0.4, -0.2) is 19.2 Å². The van der Waals surface area contributed by atoms with E-state index in [1.54, 1.807) is 4.43 Å². The Morgan fingerprint density at radius 3 is 1.50 bits per heavy atom. The zero-order chi connectivity index (χ0) is 10.9. The van der Waals surface area contributed by atoms with Crippen LogP contribution in [0.4, 0.5) is 0 Å². The van der Waals surface area contributed by atoms with E-state index in [0.29, 0.717) is 0 Å². The van der Waals surface area contributed by atoms with Gasteiger partial charge < -0.3 is 0 Å². The molecule has 0 aromatic heterocycles. The number of alkyl halides is 4. The van der Waals surface area contributed by atoms with E-state index in [1.807, 2.05) is 0 Å². The third-order valence-corrected chi connectivity index (χ3v) is 6.55. The van der Waals surface area contributed by atoms with E-state index >= 15 is 0 Å². The average Bonchev–Trinajstić information content (AvgIpc) is 2.08. The Hall–Kier alpha value is 0.730. The van der Waals surface area contributed by atoms with E-state index in [-0.39, 0.29) is 0 Å². The minimum absolute atomic E-state index is 1.12. The third-order valence-electron chi connectivity index (χ3n) is 2.55. The molecule has 0 bridgehead atoms. The molecule has 0 heterocycles. The summed E-state index contributed by atoms with van der Waals surface area (Å²) in [6.45, 7) is 2.29. The van der Waals surface area contributed by atoms with Gasteiger partial charge in [0.15, 0.2) is 0 Å². The minimum atomic E-state index is -1.12. The number of rotatable bonds is 9. The Labute approximate surface area is 95.8 Å². The zero-order valence-electron chi connectivity index (χ0n) is 10.7. The van der Waals surface area contributed by atoms with Gasteiger partial charge in [-0.25, -0.2) is 0 Å². The second-order valence-electron chi connectivity index (χ2n) is 5.10. The maximum absolute atomic E-state index is 2.52. The SMILES string of the molecule is CCCCCCCCCC[I-](C)(C)C. The van der Waals surface area contributed by atoms with Gasteiger partial charge in [-0.1, -0.05) is 0 Å². The van der Waals surface area contributed by atoms with Crippen molar-refractivity contribution in [2.75, 3.05) is 19.2 Å². The first-order valence-corrected chi connectivity index (χ1v) is 14.1. The van der Waals surface area contributed by atoms with Crippen LogP contribution < -0.4 is 18.4 Å². The molecule has 0 amide bonds. The van der Waals surface area contributed by atoms with Crippen LogP contribution in [0.25, 0.3) is 0 Å². The van der Waals surface area contributed by atoms with E-state index in [2.05, 4.69) is 21.7 Å². The summed E-state index contributed by atoms with van der Waals surface area (Å²) in [5.74, 6) is 0. The van der Waals surface area contributed by atoms with Crippen LogP contribution in [0.15, 0.2) is 0 Å². The Morgan fingerprint density at radius 1 is 0.643 bits per heavy atom. The second kappa shape index (κ2) is 8.99. The van der Waals surface area contributed by atoms with Crippen molar-refractivity contribution < 1.29 is 18.4 Å². The molecule has 0 rings (SSSR count). The first-order valence-electron chi connectivity index (χ1n) is 6.11. The fourth-order valence-corrected chi connectivity index (χ4v) is 4.46. The molecule has 1 heteroatoms. The van der Waals surface area contributed by atoms with Crippen molar-refractivity contribution in [2.24, 2.45) is 0 Å². The van der Waals surface area contributed by atoms with E-state index < -0.39 is 18.4 Å². The summed E-state index contributed by atoms with van der Waals surface area (Å²) < 4.78 is 1.57. The quantitative estimate of drug-likeness (QED) is 0.341. The Kier molecular flexibility index (Phi) is 9.46. The maximum atomic E-state index is 2.52. The number of hydrogen-bond acceptors (Lipinski definition) is 0. The van der Waals surface area contributed by atoms with E-state index in [9.17, 15) is 0 Å². The average molecular weight is 313 g/mol. The summed E-state index contributed by atoms with van der Waals surface area (Å²) in [7, 11) is 0. The molecule has 0 saturated heterocycles. The van der Waals surface area contributed by atoms with Gasteiger partial charge in [-0.15, -0.1) is 0 Å². The van der Waals surface area contributed by atoms with Gasteiger partial charge in [-0.3, -0.25) is 0 Å². The normalized spacial score (nSPS) is 13.1. The van der Waals surface area contributed by atoms with Gasteiger partial charge in [0, 0.05) is 0 Å². The molecule has 0 radical (unpaired) electrons. The number of hydrogen-bond donors (Lipinski definition) is 0. The molecular formula is C13H30I-. The fourth-order valence-electron chi connectivity index (χ4n) is 1.63.